The number of aromatic amines is 1. The van der Waals surface area contributed by atoms with Gasteiger partial charge in [-0.25, -0.2) is 4.79 Å². The van der Waals surface area contributed by atoms with Crippen LogP contribution in [-0.2, 0) is 23.1 Å². The number of ether oxygens (including phenoxy) is 2. The molecule has 1 aromatic rings. The lowest BCUT2D eigenvalue weighted by Crippen LogP contribution is -2.33. The van der Waals surface area contributed by atoms with Gasteiger partial charge in [0.05, 0.1) is 25.4 Å². The van der Waals surface area contributed by atoms with E-state index in [1.807, 2.05) is 14.8 Å². The SMILES string of the molecule is B[C@H]1C[C@@H](O[PH](=O)OC[C@H]2O[C@@H](n3cc(C)c(=O)[nH]c3=O)C[C@H]2C)[C@@H](CO)O1. The van der Waals surface area contributed by atoms with Crippen molar-refractivity contribution in [1.29, 1.82) is 0 Å². The molecule has 0 aliphatic carbocycles. The summed E-state index contributed by atoms with van der Waals surface area (Å²) in [4.78, 5) is 25.8. The second-order valence-corrected chi connectivity index (χ2v) is 8.47. The number of aliphatic hydroxyl groups is 1. The van der Waals surface area contributed by atoms with Crippen LogP contribution in [0.5, 0.6) is 0 Å². The fourth-order valence-electron chi connectivity index (χ4n) is 3.56. The van der Waals surface area contributed by atoms with Crippen LogP contribution in [0.15, 0.2) is 15.8 Å². The zero-order chi connectivity index (χ0) is 20.4. The summed E-state index contributed by atoms with van der Waals surface area (Å²) in [7, 11) is -0.927. The Balaban J connectivity index is 1.54. The largest absolute Gasteiger partial charge is 0.394 e. The smallest absolute Gasteiger partial charge is 0.330 e. The standard InChI is InChI=1S/C16H26BN2O8P/c1-8-3-14(19-5-9(2)15(21)18-16(19)22)26-12(8)7-24-28(23)27-10-4-13(17)25-11(10)6-20/h5,8,10-14,20,28H,3-4,6-7,17H2,1-2H3,(H,18,21,22)/t8-,10-,11-,12-,13-,14-/m1/s1. The third-order valence-electron chi connectivity index (χ3n) is 5.18. The second kappa shape index (κ2) is 9.07. The molecule has 2 aliphatic heterocycles. The maximum Gasteiger partial charge on any atom is 0.330 e. The van der Waals surface area contributed by atoms with Crippen LogP contribution in [0.3, 0.4) is 0 Å². The number of rotatable bonds is 7. The third-order valence-corrected chi connectivity index (χ3v) is 6.07. The molecular weight excluding hydrogens is 390 g/mol. The molecule has 0 aromatic carbocycles. The van der Waals surface area contributed by atoms with Crippen LogP contribution < -0.4 is 11.2 Å². The molecular formula is C16H26BN2O8P. The van der Waals surface area contributed by atoms with E-state index in [0.29, 0.717) is 18.4 Å². The molecule has 10 nitrogen and oxygen atoms in total. The number of hydrogen-bond acceptors (Lipinski definition) is 8. The summed E-state index contributed by atoms with van der Waals surface area (Å²) in [5, 5.41) is 9.29. The number of nitrogens with zero attached hydrogens (tertiary/aromatic N) is 1. The van der Waals surface area contributed by atoms with Crippen LogP contribution in [0.2, 0.25) is 0 Å². The molecule has 1 aromatic heterocycles. The van der Waals surface area contributed by atoms with Crippen LogP contribution in [0.4, 0.5) is 0 Å². The van der Waals surface area contributed by atoms with E-state index in [4.69, 9.17) is 18.5 Å². The van der Waals surface area contributed by atoms with Gasteiger partial charge in [0.1, 0.15) is 20.2 Å². The van der Waals surface area contributed by atoms with Gasteiger partial charge in [0.2, 0.25) is 0 Å². The first kappa shape index (κ1) is 21.5. The summed E-state index contributed by atoms with van der Waals surface area (Å²) < 4.78 is 35.7. The van der Waals surface area contributed by atoms with E-state index in [0.717, 1.165) is 0 Å². The topological polar surface area (TPSA) is 129 Å². The number of aliphatic hydroxyl groups excluding tert-OH is 1. The maximum absolute atomic E-state index is 12.2. The van der Waals surface area contributed by atoms with Gasteiger partial charge in [0.25, 0.3) is 5.56 Å². The highest BCUT2D eigenvalue weighted by molar-refractivity contribution is 7.33. The predicted molar refractivity (Wildman–Crippen MR) is 102 cm³/mol. The highest BCUT2D eigenvalue weighted by atomic mass is 31.1. The Morgan fingerprint density at radius 1 is 1.36 bits per heavy atom. The van der Waals surface area contributed by atoms with Gasteiger partial charge in [-0.05, 0) is 25.7 Å². The van der Waals surface area contributed by atoms with Gasteiger partial charge in [-0.15, -0.1) is 0 Å². The van der Waals surface area contributed by atoms with Crippen molar-refractivity contribution in [3.63, 3.8) is 0 Å². The number of H-pyrrole nitrogens is 1. The molecule has 3 heterocycles. The van der Waals surface area contributed by atoms with E-state index >= 15 is 0 Å². The van der Waals surface area contributed by atoms with Gasteiger partial charge in [0.15, 0.2) is 0 Å². The van der Waals surface area contributed by atoms with E-state index in [1.54, 1.807) is 6.92 Å². The van der Waals surface area contributed by atoms with Crippen LogP contribution in [0.1, 0.15) is 31.6 Å². The lowest BCUT2D eigenvalue weighted by molar-refractivity contribution is -0.0314. The van der Waals surface area contributed by atoms with Gasteiger partial charge in [-0.1, -0.05) is 6.92 Å². The molecule has 3 rings (SSSR count). The minimum absolute atomic E-state index is 0.0546. The molecule has 7 atom stereocenters. The molecule has 28 heavy (non-hydrogen) atoms. The quantitative estimate of drug-likeness (QED) is 0.441. The normalized spacial score (nSPS) is 34.0. The second-order valence-electron chi connectivity index (χ2n) is 7.44. The Labute approximate surface area is 163 Å². The van der Waals surface area contributed by atoms with Crippen LogP contribution >= 0.6 is 8.25 Å². The van der Waals surface area contributed by atoms with Gasteiger partial charge >= 0.3 is 13.9 Å². The van der Waals surface area contributed by atoms with Crippen molar-refractivity contribution in [2.24, 2.45) is 5.92 Å². The van der Waals surface area contributed by atoms with E-state index in [2.05, 4.69) is 4.98 Å². The van der Waals surface area contributed by atoms with Crippen molar-refractivity contribution in [2.75, 3.05) is 13.2 Å². The highest BCUT2D eigenvalue weighted by Gasteiger charge is 2.36. The van der Waals surface area contributed by atoms with Crippen molar-refractivity contribution in [1.82, 2.24) is 9.55 Å². The van der Waals surface area contributed by atoms with E-state index in [9.17, 15) is 19.3 Å². The average Bonchev–Trinajstić information content (AvgIpc) is 3.18. The summed E-state index contributed by atoms with van der Waals surface area (Å²) in [6, 6.07) is -0.0741. The highest BCUT2D eigenvalue weighted by Crippen LogP contribution is 2.37. The Morgan fingerprint density at radius 2 is 2.11 bits per heavy atom. The number of aromatic nitrogens is 2. The lowest BCUT2D eigenvalue weighted by Gasteiger charge is -2.19. The van der Waals surface area contributed by atoms with Crippen molar-refractivity contribution < 1.29 is 28.2 Å². The molecule has 156 valence electrons. The molecule has 0 amide bonds. The number of hydrogen-bond donors (Lipinski definition) is 2. The first-order chi connectivity index (χ1) is 13.3. The molecule has 0 radical (unpaired) electrons. The van der Waals surface area contributed by atoms with Crippen molar-refractivity contribution in [3.8, 4) is 0 Å². The van der Waals surface area contributed by atoms with Crippen LogP contribution in [0, 0.1) is 12.8 Å². The van der Waals surface area contributed by atoms with Gasteiger partial charge < -0.3 is 23.6 Å². The predicted octanol–water partition coefficient (Wildman–Crippen LogP) is -0.699. The summed E-state index contributed by atoms with van der Waals surface area (Å²) in [5.41, 5.74) is -0.536. The van der Waals surface area contributed by atoms with Crippen molar-refractivity contribution in [2.45, 2.75) is 57.2 Å². The molecule has 1 unspecified atom stereocenters. The monoisotopic (exact) mass is 416 g/mol. The molecule has 2 saturated heterocycles. The molecule has 0 bridgehead atoms. The molecule has 2 N–H and O–H groups in total. The molecule has 0 spiro atoms. The fourth-order valence-corrected chi connectivity index (χ4v) is 4.42. The Kier molecular flexibility index (Phi) is 6.96. The summed E-state index contributed by atoms with van der Waals surface area (Å²) in [6.07, 6.45) is 0.702. The zero-order valence-corrected chi connectivity index (χ0v) is 17.1. The van der Waals surface area contributed by atoms with Gasteiger partial charge in [0, 0.05) is 17.8 Å². The summed E-state index contributed by atoms with van der Waals surface area (Å²) in [5.74, 6) is 0.0546. The molecule has 2 aliphatic rings. The van der Waals surface area contributed by atoms with Crippen LogP contribution in [0.25, 0.3) is 0 Å². The van der Waals surface area contributed by atoms with E-state index < -0.39 is 37.9 Å². The minimum atomic E-state index is -2.79. The van der Waals surface area contributed by atoms with E-state index in [-0.39, 0.29) is 31.2 Å². The average molecular weight is 416 g/mol. The fraction of sp³-hybridized carbons (Fsp3) is 0.750. The summed E-state index contributed by atoms with van der Waals surface area (Å²) in [6.45, 7) is 3.41. The Morgan fingerprint density at radius 3 is 2.82 bits per heavy atom. The third kappa shape index (κ3) is 4.84. The Hall–Kier alpha value is -1.23. The number of aryl methyl sites for hydroxylation is 1. The number of nitrogens with one attached hydrogen (secondary N) is 1. The zero-order valence-electron chi connectivity index (χ0n) is 16.1. The van der Waals surface area contributed by atoms with Crippen molar-refractivity contribution >= 4 is 16.1 Å². The Bertz CT molecular complexity index is 830. The maximum atomic E-state index is 12.2. The molecule has 0 saturated carbocycles. The van der Waals surface area contributed by atoms with Gasteiger partial charge in [-0.2, -0.15) is 0 Å². The van der Waals surface area contributed by atoms with Crippen molar-refractivity contribution in [3.05, 3.63) is 32.6 Å². The molecule has 12 heteroatoms. The lowest BCUT2D eigenvalue weighted by atomic mass is 9.96. The van der Waals surface area contributed by atoms with Crippen LogP contribution in [-0.4, -0.2) is 60.0 Å². The minimum Gasteiger partial charge on any atom is -0.394 e. The first-order valence-electron chi connectivity index (χ1n) is 9.35. The first-order valence-corrected chi connectivity index (χ1v) is 10.6. The molecule has 2 fully saturated rings. The van der Waals surface area contributed by atoms with E-state index in [1.165, 1.54) is 10.8 Å². The van der Waals surface area contributed by atoms with Gasteiger partial charge in [-0.3, -0.25) is 18.9 Å². The summed E-state index contributed by atoms with van der Waals surface area (Å²) >= 11 is 0.